The highest BCUT2D eigenvalue weighted by Gasteiger charge is 2.28. The fourth-order valence-corrected chi connectivity index (χ4v) is 3.37. The molecule has 0 amide bonds. The molecule has 7 heteroatoms. The summed E-state index contributed by atoms with van der Waals surface area (Å²) in [7, 11) is -2.52. The summed E-state index contributed by atoms with van der Waals surface area (Å²) < 4.78 is 35.6. The summed E-state index contributed by atoms with van der Waals surface area (Å²) in [6.07, 6.45) is 0. The Morgan fingerprint density at radius 1 is 1.07 bits per heavy atom. The van der Waals surface area contributed by atoms with Gasteiger partial charge in [-0.05, 0) is 43.7 Å². The first kappa shape index (κ1) is 20.4. The normalized spacial score (nSPS) is 10.6. The van der Waals surface area contributed by atoms with E-state index in [1.54, 1.807) is 50.4 Å². The van der Waals surface area contributed by atoms with E-state index in [9.17, 15) is 13.2 Å². The molecule has 0 radical (unpaired) electrons. The third kappa shape index (κ3) is 5.29. The van der Waals surface area contributed by atoms with Gasteiger partial charge in [-0.15, -0.1) is 0 Å². The van der Waals surface area contributed by atoms with Gasteiger partial charge in [0.05, 0.1) is 25.2 Å². The molecule has 0 unspecified atom stereocenters. The SMILES string of the molecule is CCOC(=O)C(=C=NCc1ccc(OC)cc1)S(=O)(=O)c1ccc(C)cc1. The second-order valence-electron chi connectivity index (χ2n) is 5.64. The molecule has 2 aromatic carbocycles. The van der Waals surface area contributed by atoms with Crippen LogP contribution in [0.15, 0.2) is 63.3 Å². The van der Waals surface area contributed by atoms with E-state index in [-0.39, 0.29) is 18.0 Å². The minimum Gasteiger partial charge on any atom is -0.497 e. The van der Waals surface area contributed by atoms with Gasteiger partial charge in [-0.25, -0.2) is 18.2 Å². The first-order valence-corrected chi connectivity index (χ1v) is 9.78. The third-order valence-electron chi connectivity index (χ3n) is 3.66. The Hall–Kier alpha value is -2.89. The minimum atomic E-state index is -4.09. The summed E-state index contributed by atoms with van der Waals surface area (Å²) in [4.78, 5) is 15.6. The van der Waals surface area contributed by atoms with Crippen molar-refractivity contribution in [2.75, 3.05) is 13.7 Å². The Labute approximate surface area is 159 Å². The molecule has 27 heavy (non-hydrogen) atoms. The van der Waals surface area contributed by atoms with Crippen LogP contribution in [-0.4, -0.2) is 34.0 Å². The lowest BCUT2D eigenvalue weighted by Gasteiger charge is -2.06. The summed E-state index contributed by atoms with van der Waals surface area (Å²) in [5.41, 5.74) is 1.73. The maximum absolute atomic E-state index is 12.8. The van der Waals surface area contributed by atoms with Crippen molar-refractivity contribution in [3.05, 3.63) is 64.6 Å². The Bertz CT molecular complexity index is 954. The Morgan fingerprint density at radius 3 is 2.26 bits per heavy atom. The van der Waals surface area contributed by atoms with E-state index in [0.29, 0.717) is 5.75 Å². The summed E-state index contributed by atoms with van der Waals surface area (Å²) in [5.74, 6) is 2.11. The Morgan fingerprint density at radius 2 is 1.70 bits per heavy atom. The molecule has 0 aliphatic rings. The van der Waals surface area contributed by atoms with Crippen molar-refractivity contribution in [1.82, 2.24) is 0 Å². The van der Waals surface area contributed by atoms with Crippen molar-refractivity contribution in [3.63, 3.8) is 0 Å². The van der Waals surface area contributed by atoms with Crippen molar-refractivity contribution in [1.29, 1.82) is 0 Å². The van der Waals surface area contributed by atoms with Gasteiger partial charge < -0.3 is 9.47 Å². The van der Waals surface area contributed by atoms with Gasteiger partial charge >= 0.3 is 5.97 Å². The van der Waals surface area contributed by atoms with E-state index in [1.807, 2.05) is 6.92 Å². The lowest BCUT2D eigenvalue weighted by atomic mass is 10.2. The largest absolute Gasteiger partial charge is 0.497 e. The van der Waals surface area contributed by atoms with Crippen LogP contribution in [0.5, 0.6) is 5.75 Å². The molecule has 142 valence electrons. The molecule has 0 fully saturated rings. The minimum absolute atomic E-state index is 0.0108. The Balaban J connectivity index is 2.38. The average molecular weight is 387 g/mol. The predicted octanol–water partition coefficient (Wildman–Crippen LogP) is 3.09. The van der Waals surface area contributed by atoms with Crippen molar-refractivity contribution in [2.45, 2.75) is 25.3 Å². The van der Waals surface area contributed by atoms with Gasteiger partial charge in [0.1, 0.15) is 5.75 Å². The molecule has 0 heterocycles. The molecule has 0 saturated carbocycles. The lowest BCUT2D eigenvalue weighted by Crippen LogP contribution is -2.17. The molecular weight excluding hydrogens is 366 g/mol. The number of benzene rings is 2. The van der Waals surface area contributed by atoms with Crippen LogP contribution < -0.4 is 4.74 Å². The molecule has 0 spiro atoms. The molecule has 0 atom stereocenters. The maximum atomic E-state index is 12.8. The fourth-order valence-electron chi connectivity index (χ4n) is 2.18. The lowest BCUT2D eigenvalue weighted by molar-refractivity contribution is -0.137. The van der Waals surface area contributed by atoms with Crippen LogP contribution in [0, 0.1) is 6.92 Å². The molecule has 0 aliphatic heterocycles. The maximum Gasteiger partial charge on any atom is 0.359 e. The molecule has 2 aromatic rings. The van der Waals surface area contributed by atoms with Crippen molar-refractivity contribution in [3.8, 4) is 5.75 Å². The number of aryl methyl sites for hydroxylation is 1. The number of aliphatic imine (C=N–C) groups is 1. The average Bonchev–Trinajstić information content (AvgIpc) is 2.66. The molecule has 0 saturated heterocycles. The monoisotopic (exact) mass is 387 g/mol. The molecule has 0 N–H and O–H groups in total. The van der Waals surface area contributed by atoms with Gasteiger partial charge in [0.15, 0.2) is 0 Å². The highest BCUT2D eigenvalue weighted by atomic mass is 32.2. The van der Waals surface area contributed by atoms with E-state index in [0.717, 1.165) is 11.1 Å². The van der Waals surface area contributed by atoms with E-state index in [2.05, 4.69) is 10.9 Å². The highest BCUT2D eigenvalue weighted by molar-refractivity contribution is 7.96. The first-order valence-electron chi connectivity index (χ1n) is 8.29. The van der Waals surface area contributed by atoms with Crippen molar-refractivity contribution < 1.29 is 22.7 Å². The number of hydrogen-bond donors (Lipinski definition) is 0. The van der Waals surface area contributed by atoms with Crippen LogP contribution in [0.25, 0.3) is 0 Å². The van der Waals surface area contributed by atoms with Gasteiger partial charge in [0, 0.05) is 5.87 Å². The molecule has 0 aromatic heterocycles. The number of ether oxygens (including phenoxy) is 2. The quantitative estimate of drug-likeness (QED) is 0.414. The van der Waals surface area contributed by atoms with Gasteiger partial charge in [-0.3, -0.25) is 0 Å². The molecule has 0 aliphatic carbocycles. The number of nitrogens with zero attached hydrogens (tertiary/aromatic N) is 1. The summed E-state index contributed by atoms with van der Waals surface area (Å²) in [6, 6.07) is 13.3. The standard InChI is InChI=1S/C20H21NO5S/c1-4-26-20(22)19(27(23,24)18-11-5-15(2)6-12-18)14-21-13-16-7-9-17(25-3)10-8-16/h5-12H,4,13H2,1-3H3. The van der Waals surface area contributed by atoms with E-state index < -0.39 is 20.7 Å². The molecule has 6 nitrogen and oxygen atoms in total. The van der Waals surface area contributed by atoms with E-state index in [4.69, 9.17) is 9.47 Å². The third-order valence-corrected chi connectivity index (χ3v) is 5.35. The van der Waals surface area contributed by atoms with Crippen molar-refractivity contribution >= 4 is 21.7 Å². The van der Waals surface area contributed by atoms with Crippen LogP contribution in [0.4, 0.5) is 0 Å². The van der Waals surface area contributed by atoms with Gasteiger partial charge in [-0.2, -0.15) is 0 Å². The van der Waals surface area contributed by atoms with Crippen LogP contribution in [0.2, 0.25) is 0 Å². The topological polar surface area (TPSA) is 82.0 Å². The molecule has 2 rings (SSSR count). The number of sulfone groups is 1. The molecular formula is C20H21NO5S. The number of carbonyl (C=O) groups is 1. The summed E-state index contributed by atoms with van der Waals surface area (Å²) in [5, 5.41) is 0. The van der Waals surface area contributed by atoms with Crippen molar-refractivity contribution in [2.24, 2.45) is 4.99 Å². The van der Waals surface area contributed by atoms with Crippen LogP contribution >= 0.6 is 0 Å². The molecule has 0 bridgehead atoms. The zero-order valence-electron chi connectivity index (χ0n) is 15.4. The zero-order valence-corrected chi connectivity index (χ0v) is 16.2. The number of rotatable bonds is 7. The van der Waals surface area contributed by atoms with Gasteiger partial charge in [0.25, 0.3) is 0 Å². The summed E-state index contributed by atoms with van der Waals surface area (Å²) in [6.45, 7) is 3.65. The number of carbonyl (C=O) groups excluding carboxylic acids is 1. The van der Waals surface area contributed by atoms with Crippen LogP contribution in [0.1, 0.15) is 18.1 Å². The van der Waals surface area contributed by atoms with E-state index >= 15 is 0 Å². The Kier molecular flexibility index (Phi) is 6.93. The predicted molar refractivity (Wildman–Crippen MR) is 103 cm³/mol. The smallest absolute Gasteiger partial charge is 0.359 e. The fraction of sp³-hybridized carbons (Fsp3) is 0.250. The second kappa shape index (κ2) is 9.16. The number of hydrogen-bond acceptors (Lipinski definition) is 6. The van der Waals surface area contributed by atoms with Gasteiger partial charge in [0.2, 0.25) is 14.7 Å². The zero-order chi connectivity index (χ0) is 19.9. The van der Waals surface area contributed by atoms with Gasteiger partial charge in [-0.1, -0.05) is 29.8 Å². The highest BCUT2D eigenvalue weighted by Crippen LogP contribution is 2.19. The number of methoxy groups -OCH3 is 1. The van der Waals surface area contributed by atoms with Crippen LogP contribution in [0.3, 0.4) is 0 Å². The van der Waals surface area contributed by atoms with Crippen LogP contribution in [-0.2, 0) is 25.9 Å². The van der Waals surface area contributed by atoms with E-state index in [1.165, 1.54) is 12.1 Å². The number of esters is 1. The first-order chi connectivity index (χ1) is 12.9. The summed E-state index contributed by atoms with van der Waals surface area (Å²) >= 11 is 0. The second-order valence-corrected chi connectivity index (χ2v) is 7.53.